The van der Waals surface area contributed by atoms with Crippen LogP contribution in [-0.2, 0) is 6.42 Å². The van der Waals surface area contributed by atoms with Gasteiger partial charge in [0.1, 0.15) is 11.7 Å². The molecule has 0 bridgehead atoms. The smallest absolute Gasteiger partial charge is 0.135 e. The lowest BCUT2D eigenvalue weighted by Gasteiger charge is -2.25. The molecule has 2 heterocycles. The molecule has 0 radical (unpaired) electrons. The molecule has 2 aromatic heterocycles. The Balaban J connectivity index is 0.000000914. The van der Waals surface area contributed by atoms with Crippen LogP contribution >= 0.6 is 15.9 Å². The van der Waals surface area contributed by atoms with E-state index >= 15 is 0 Å². The number of nitrogens with two attached hydrogens (primary N) is 1. The second-order valence-corrected chi connectivity index (χ2v) is 8.44. The van der Waals surface area contributed by atoms with Crippen molar-refractivity contribution < 1.29 is 4.39 Å². The van der Waals surface area contributed by atoms with E-state index in [1.807, 2.05) is 51.4 Å². The number of halogens is 2. The molecule has 1 aromatic carbocycles. The fraction of sp³-hybridized carbons (Fsp3) is 0.462. The molecule has 3 N–H and O–H groups in total. The number of aliphatic imine (C=N–C) groups is 1. The zero-order valence-corrected chi connectivity index (χ0v) is 22.0. The summed E-state index contributed by atoms with van der Waals surface area (Å²) < 4.78 is 16.6. The standard InChI is InChI=1S/C22H25BrFN5.2C2H6/c1-2-14-8-9-16(24)11-19(14)28-22(25)18-12-26-29-13-15(23)10-20(29)21(18)27-17-6-4-3-5-7-17;2*1-2/h8-13,17,27H,2-7H2,1H3,(H2,25,28);2*1-2H3. The highest BCUT2D eigenvalue weighted by Gasteiger charge is 2.19. The van der Waals surface area contributed by atoms with Crippen molar-refractivity contribution in [1.82, 2.24) is 9.61 Å². The van der Waals surface area contributed by atoms with Gasteiger partial charge in [0.05, 0.1) is 28.7 Å². The summed E-state index contributed by atoms with van der Waals surface area (Å²) >= 11 is 3.53. The van der Waals surface area contributed by atoms with Crippen molar-refractivity contribution in [3.05, 3.63) is 58.1 Å². The quantitative estimate of drug-likeness (QED) is 0.270. The highest BCUT2D eigenvalue weighted by Crippen LogP contribution is 2.30. The van der Waals surface area contributed by atoms with E-state index in [0.717, 1.165) is 46.1 Å². The third kappa shape index (κ3) is 6.79. The van der Waals surface area contributed by atoms with E-state index in [0.29, 0.717) is 17.6 Å². The summed E-state index contributed by atoms with van der Waals surface area (Å²) in [5.41, 5.74) is 10.5. The normalized spacial score (nSPS) is 14.2. The maximum absolute atomic E-state index is 13.8. The second kappa shape index (κ2) is 13.3. The van der Waals surface area contributed by atoms with Crippen LogP contribution in [0, 0.1) is 5.82 Å². The third-order valence-corrected chi connectivity index (χ3v) is 5.94. The minimum Gasteiger partial charge on any atom is -0.383 e. The Morgan fingerprint density at radius 2 is 1.88 bits per heavy atom. The maximum atomic E-state index is 13.8. The first-order chi connectivity index (χ1) is 16.0. The van der Waals surface area contributed by atoms with Crippen molar-refractivity contribution >= 4 is 38.7 Å². The summed E-state index contributed by atoms with van der Waals surface area (Å²) in [4.78, 5) is 4.58. The van der Waals surface area contributed by atoms with Gasteiger partial charge in [-0.05, 0) is 59.0 Å². The zero-order valence-electron chi connectivity index (χ0n) is 20.5. The van der Waals surface area contributed by atoms with Gasteiger partial charge in [0.15, 0.2) is 0 Å². The molecule has 0 amide bonds. The molecular formula is C26H37BrFN5. The molecule has 1 fully saturated rings. The monoisotopic (exact) mass is 517 g/mol. The van der Waals surface area contributed by atoms with E-state index in [4.69, 9.17) is 5.73 Å². The highest BCUT2D eigenvalue weighted by atomic mass is 79.9. The molecule has 33 heavy (non-hydrogen) atoms. The Morgan fingerprint density at radius 1 is 1.18 bits per heavy atom. The topological polar surface area (TPSA) is 67.7 Å². The molecule has 1 aliphatic carbocycles. The van der Waals surface area contributed by atoms with E-state index in [1.165, 1.54) is 31.4 Å². The van der Waals surface area contributed by atoms with E-state index in [-0.39, 0.29) is 5.82 Å². The van der Waals surface area contributed by atoms with Crippen molar-refractivity contribution in [1.29, 1.82) is 0 Å². The number of rotatable bonds is 5. The van der Waals surface area contributed by atoms with E-state index < -0.39 is 0 Å². The Labute approximate surface area is 205 Å². The van der Waals surface area contributed by atoms with Crippen LogP contribution < -0.4 is 11.1 Å². The molecule has 1 saturated carbocycles. The first kappa shape index (κ1) is 26.8. The van der Waals surface area contributed by atoms with Crippen LogP contribution in [0.25, 0.3) is 5.52 Å². The molecule has 0 saturated heterocycles. The van der Waals surface area contributed by atoms with Crippen LogP contribution in [0.2, 0.25) is 0 Å². The number of aryl methyl sites for hydroxylation is 1. The number of nitrogens with zero attached hydrogens (tertiary/aromatic N) is 3. The van der Waals surface area contributed by atoms with Crippen LogP contribution in [0.4, 0.5) is 15.8 Å². The number of nitrogens with one attached hydrogen (secondary N) is 1. The van der Waals surface area contributed by atoms with Crippen molar-refractivity contribution in [2.24, 2.45) is 10.7 Å². The molecule has 4 rings (SSSR count). The van der Waals surface area contributed by atoms with Crippen molar-refractivity contribution in [2.45, 2.75) is 79.2 Å². The number of benzene rings is 1. The van der Waals surface area contributed by atoms with Crippen LogP contribution in [0.3, 0.4) is 0 Å². The summed E-state index contributed by atoms with van der Waals surface area (Å²) in [5.74, 6) is 0.00864. The molecular weight excluding hydrogens is 481 g/mol. The predicted molar refractivity (Wildman–Crippen MR) is 142 cm³/mol. The van der Waals surface area contributed by atoms with Gasteiger partial charge in [-0.15, -0.1) is 0 Å². The molecule has 5 nitrogen and oxygen atoms in total. The molecule has 0 spiro atoms. The number of hydrogen-bond donors (Lipinski definition) is 2. The van der Waals surface area contributed by atoms with Crippen molar-refractivity contribution in [2.75, 3.05) is 5.32 Å². The molecule has 0 atom stereocenters. The van der Waals surface area contributed by atoms with Crippen LogP contribution in [-0.4, -0.2) is 21.5 Å². The van der Waals surface area contributed by atoms with Gasteiger partial charge in [-0.2, -0.15) is 5.10 Å². The van der Waals surface area contributed by atoms with Gasteiger partial charge in [0.25, 0.3) is 0 Å². The molecule has 3 aromatic rings. The summed E-state index contributed by atoms with van der Waals surface area (Å²) in [6.45, 7) is 10.0. The Morgan fingerprint density at radius 3 is 2.55 bits per heavy atom. The van der Waals surface area contributed by atoms with Gasteiger partial charge in [0, 0.05) is 16.7 Å². The van der Waals surface area contributed by atoms with E-state index in [2.05, 4.69) is 31.3 Å². The predicted octanol–water partition coefficient (Wildman–Crippen LogP) is 7.63. The molecule has 0 aliphatic heterocycles. The van der Waals surface area contributed by atoms with Gasteiger partial charge in [-0.1, -0.05) is 59.9 Å². The van der Waals surface area contributed by atoms with E-state index in [1.54, 1.807) is 12.3 Å². The lowest BCUT2D eigenvalue weighted by atomic mass is 9.95. The maximum Gasteiger partial charge on any atom is 0.135 e. The fourth-order valence-corrected chi connectivity index (χ4v) is 4.36. The molecule has 1 aliphatic rings. The van der Waals surface area contributed by atoms with E-state index in [9.17, 15) is 4.39 Å². The average molecular weight is 519 g/mol. The molecule has 0 unspecified atom stereocenters. The Bertz CT molecular complexity index is 1050. The largest absolute Gasteiger partial charge is 0.383 e. The Kier molecular flexibility index (Phi) is 10.8. The fourth-order valence-electron chi connectivity index (χ4n) is 3.95. The van der Waals surface area contributed by atoms with Crippen LogP contribution in [0.1, 0.15) is 77.8 Å². The number of hydrogen-bond acceptors (Lipinski definition) is 3. The summed E-state index contributed by atoms with van der Waals surface area (Å²) in [6.07, 6.45) is 10.4. The first-order valence-electron chi connectivity index (χ1n) is 12.1. The highest BCUT2D eigenvalue weighted by molar-refractivity contribution is 9.10. The minimum atomic E-state index is -0.321. The average Bonchev–Trinajstić information content (AvgIpc) is 3.23. The summed E-state index contributed by atoms with van der Waals surface area (Å²) in [5, 5.41) is 8.19. The zero-order chi connectivity index (χ0) is 24.4. The Hall–Kier alpha value is -2.41. The van der Waals surface area contributed by atoms with Gasteiger partial charge in [-0.3, -0.25) is 0 Å². The summed E-state index contributed by atoms with van der Waals surface area (Å²) in [6, 6.07) is 7.06. The lowest BCUT2D eigenvalue weighted by Crippen LogP contribution is -2.25. The summed E-state index contributed by atoms with van der Waals surface area (Å²) in [7, 11) is 0. The number of amidine groups is 1. The van der Waals surface area contributed by atoms with Crippen LogP contribution in [0.5, 0.6) is 0 Å². The molecule has 7 heteroatoms. The van der Waals surface area contributed by atoms with Gasteiger partial charge in [0.2, 0.25) is 0 Å². The number of aromatic nitrogens is 2. The lowest BCUT2D eigenvalue weighted by molar-refractivity contribution is 0.463. The third-order valence-electron chi connectivity index (χ3n) is 5.50. The second-order valence-electron chi connectivity index (χ2n) is 7.52. The van der Waals surface area contributed by atoms with Gasteiger partial charge < -0.3 is 11.1 Å². The SMILES string of the molecule is CC.CC.CCc1ccc(F)cc1N=C(N)c1cnn2cc(Br)cc2c1NC1CCCCC1. The number of fused-ring (bicyclic) bond motifs is 1. The van der Waals surface area contributed by atoms with Gasteiger partial charge >= 0.3 is 0 Å². The number of anilines is 1. The van der Waals surface area contributed by atoms with Crippen LogP contribution in [0.15, 0.2) is 46.1 Å². The first-order valence-corrected chi connectivity index (χ1v) is 12.9. The van der Waals surface area contributed by atoms with Crippen molar-refractivity contribution in [3.8, 4) is 0 Å². The minimum absolute atomic E-state index is 0.321. The molecule has 180 valence electrons. The van der Waals surface area contributed by atoms with Gasteiger partial charge in [-0.25, -0.2) is 13.9 Å². The van der Waals surface area contributed by atoms with Crippen molar-refractivity contribution in [3.63, 3.8) is 0 Å².